The van der Waals surface area contributed by atoms with Gasteiger partial charge in [0.2, 0.25) is 0 Å². The molecule has 0 saturated heterocycles. The van der Waals surface area contributed by atoms with E-state index in [2.05, 4.69) is 80.7 Å². The van der Waals surface area contributed by atoms with Crippen LogP contribution in [0.3, 0.4) is 0 Å². The van der Waals surface area contributed by atoms with Crippen LogP contribution in [-0.4, -0.2) is 14.6 Å². The minimum Gasteiger partial charge on any atom is -0.363 e. The third kappa shape index (κ3) is 3.50. The SMILES string of the molecule is CCCc1cc(NC(C)c2ccccc2)n2nc(C)c(-c3ccccc3)c2n1. The molecule has 4 heteroatoms. The van der Waals surface area contributed by atoms with Crippen LogP contribution in [-0.2, 0) is 6.42 Å². The van der Waals surface area contributed by atoms with Crippen molar-refractivity contribution in [3.63, 3.8) is 0 Å². The number of hydrogen-bond acceptors (Lipinski definition) is 3. The lowest BCUT2D eigenvalue weighted by Gasteiger charge is -2.17. The van der Waals surface area contributed by atoms with Crippen molar-refractivity contribution in [2.45, 2.75) is 39.7 Å². The molecule has 0 aliphatic carbocycles. The smallest absolute Gasteiger partial charge is 0.165 e. The van der Waals surface area contributed by atoms with E-state index < -0.39 is 0 Å². The molecule has 4 rings (SSSR count). The standard InChI is InChI=1S/C24H26N4/c1-4-11-21-16-22(25-17(2)19-12-7-5-8-13-19)28-24(26-21)23(18(3)27-28)20-14-9-6-10-15-20/h5-10,12-17,25H,4,11H2,1-3H3. The molecule has 1 N–H and O–H groups in total. The topological polar surface area (TPSA) is 42.2 Å². The van der Waals surface area contributed by atoms with Crippen LogP contribution in [0.2, 0.25) is 0 Å². The van der Waals surface area contributed by atoms with E-state index in [1.165, 1.54) is 5.56 Å². The molecule has 0 amide bonds. The Labute approximate surface area is 166 Å². The highest BCUT2D eigenvalue weighted by atomic mass is 15.3. The zero-order valence-electron chi connectivity index (χ0n) is 16.7. The van der Waals surface area contributed by atoms with E-state index in [-0.39, 0.29) is 6.04 Å². The Hall–Kier alpha value is -3.14. The Bertz CT molecular complexity index is 1070. The summed E-state index contributed by atoms with van der Waals surface area (Å²) < 4.78 is 1.95. The van der Waals surface area contributed by atoms with Gasteiger partial charge in [0.05, 0.1) is 5.69 Å². The highest BCUT2D eigenvalue weighted by Gasteiger charge is 2.17. The van der Waals surface area contributed by atoms with Crippen molar-refractivity contribution < 1.29 is 0 Å². The predicted octanol–water partition coefficient (Wildman–Crippen LogP) is 5.83. The lowest BCUT2D eigenvalue weighted by molar-refractivity contribution is 0.818. The van der Waals surface area contributed by atoms with Gasteiger partial charge in [-0.2, -0.15) is 9.61 Å². The van der Waals surface area contributed by atoms with Gasteiger partial charge in [-0.25, -0.2) is 4.98 Å². The number of hydrogen-bond donors (Lipinski definition) is 1. The van der Waals surface area contributed by atoms with Crippen molar-refractivity contribution in [2.75, 3.05) is 5.32 Å². The van der Waals surface area contributed by atoms with Crippen molar-refractivity contribution in [3.8, 4) is 11.1 Å². The van der Waals surface area contributed by atoms with Gasteiger partial charge in [0.1, 0.15) is 5.82 Å². The van der Waals surface area contributed by atoms with Crippen molar-refractivity contribution in [3.05, 3.63) is 83.7 Å². The number of benzene rings is 2. The van der Waals surface area contributed by atoms with Crippen molar-refractivity contribution in [2.24, 2.45) is 0 Å². The first kappa shape index (κ1) is 18.2. The molecule has 0 aliphatic heterocycles. The minimum atomic E-state index is 0.172. The molecular weight excluding hydrogens is 344 g/mol. The number of fused-ring (bicyclic) bond motifs is 1. The van der Waals surface area contributed by atoms with E-state index in [0.29, 0.717) is 0 Å². The Balaban J connectivity index is 1.84. The van der Waals surface area contributed by atoms with Crippen LogP contribution in [0.5, 0.6) is 0 Å². The van der Waals surface area contributed by atoms with Gasteiger partial charge in [0, 0.05) is 23.4 Å². The average Bonchev–Trinajstić information content (AvgIpc) is 3.05. The summed E-state index contributed by atoms with van der Waals surface area (Å²) >= 11 is 0. The number of aromatic nitrogens is 3. The summed E-state index contributed by atoms with van der Waals surface area (Å²) in [5.41, 5.74) is 6.50. The van der Waals surface area contributed by atoms with Gasteiger partial charge < -0.3 is 5.32 Å². The minimum absolute atomic E-state index is 0.172. The van der Waals surface area contributed by atoms with Crippen LogP contribution in [0.1, 0.15) is 43.3 Å². The molecule has 142 valence electrons. The van der Waals surface area contributed by atoms with Crippen molar-refractivity contribution in [1.82, 2.24) is 14.6 Å². The Morgan fingerprint density at radius 2 is 1.68 bits per heavy atom. The molecule has 4 nitrogen and oxygen atoms in total. The lowest BCUT2D eigenvalue weighted by Crippen LogP contribution is -2.12. The lowest BCUT2D eigenvalue weighted by atomic mass is 10.1. The maximum Gasteiger partial charge on any atom is 0.165 e. The van der Waals surface area contributed by atoms with E-state index >= 15 is 0 Å². The Morgan fingerprint density at radius 3 is 2.36 bits per heavy atom. The normalized spacial score (nSPS) is 12.2. The van der Waals surface area contributed by atoms with Crippen LogP contribution >= 0.6 is 0 Å². The van der Waals surface area contributed by atoms with Crippen LogP contribution in [0.25, 0.3) is 16.8 Å². The third-order valence-electron chi connectivity index (χ3n) is 5.05. The van der Waals surface area contributed by atoms with Gasteiger partial charge in [-0.05, 0) is 31.4 Å². The van der Waals surface area contributed by atoms with E-state index in [0.717, 1.165) is 46.8 Å². The van der Waals surface area contributed by atoms with E-state index in [1.807, 2.05) is 16.6 Å². The summed E-state index contributed by atoms with van der Waals surface area (Å²) in [7, 11) is 0. The zero-order valence-corrected chi connectivity index (χ0v) is 16.7. The van der Waals surface area contributed by atoms with E-state index in [4.69, 9.17) is 10.1 Å². The van der Waals surface area contributed by atoms with Gasteiger partial charge >= 0.3 is 0 Å². The van der Waals surface area contributed by atoms with Crippen LogP contribution < -0.4 is 5.32 Å². The summed E-state index contributed by atoms with van der Waals surface area (Å²) in [5, 5.41) is 8.48. The van der Waals surface area contributed by atoms with Gasteiger partial charge in [0.25, 0.3) is 0 Å². The first-order chi connectivity index (χ1) is 13.7. The molecule has 0 fully saturated rings. The molecule has 0 bridgehead atoms. The second kappa shape index (κ2) is 7.85. The average molecular weight is 371 g/mol. The number of rotatable bonds is 6. The number of nitrogens with zero attached hydrogens (tertiary/aromatic N) is 3. The van der Waals surface area contributed by atoms with Crippen LogP contribution in [0.15, 0.2) is 66.7 Å². The summed E-state index contributed by atoms with van der Waals surface area (Å²) in [5.74, 6) is 0.982. The zero-order chi connectivity index (χ0) is 19.5. The number of nitrogens with one attached hydrogen (secondary N) is 1. The van der Waals surface area contributed by atoms with Gasteiger partial charge in [-0.1, -0.05) is 74.0 Å². The molecule has 0 radical (unpaired) electrons. The van der Waals surface area contributed by atoms with Crippen LogP contribution in [0, 0.1) is 6.92 Å². The third-order valence-corrected chi connectivity index (χ3v) is 5.05. The second-order valence-corrected chi connectivity index (χ2v) is 7.22. The number of aryl methyl sites for hydroxylation is 2. The molecular formula is C24H26N4. The molecule has 0 spiro atoms. The molecule has 0 aliphatic rings. The highest BCUT2D eigenvalue weighted by molar-refractivity contribution is 5.80. The second-order valence-electron chi connectivity index (χ2n) is 7.22. The van der Waals surface area contributed by atoms with E-state index in [9.17, 15) is 0 Å². The molecule has 4 aromatic rings. The molecule has 1 unspecified atom stereocenters. The van der Waals surface area contributed by atoms with Gasteiger partial charge in [-0.15, -0.1) is 0 Å². The fraction of sp³-hybridized carbons (Fsp3) is 0.250. The largest absolute Gasteiger partial charge is 0.363 e. The van der Waals surface area contributed by atoms with Crippen molar-refractivity contribution in [1.29, 1.82) is 0 Å². The molecule has 1 atom stereocenters. The summed E-state index contributed by atoms with van der Waals surface area (Å²) in [6.07, 6.45) is 2.01. The van der Waals surface area contributed by atoms with Crippen molar-refractivity contribution >= 4 is 11.5 Å². The monoisotopic (exact) mass is 370 g/mol. The Morgan fingerprint density at radius 1 is 1.00 bits per heavy atom. The first-order valence-electron chi connectivity index (χ1n) is 9.93. The first-order valence-corrected chi connectivity index (χ1v) is 9.93. The maximum atomic E-state index is 4.96. The molecule has 28 heavy (non-hydrogen) atoms. The summed E-state index contributed by atoms with van der Waals surface area (Å²) in [6, 6.07) is 23.2. The molecule has 2 aromatic heterocycles. The fourth-order valence-electron chi connectivity index (χ4n) is 3.65. The van der Waals surface area contributed by atoms with Gasteiger partial charge in [0.15, 0.2) is 5.65 Å². The summed E-state index contributed by atoms with van der Waals surface area (Å²) in [4.78, 5) is 4.96. The van der Waals surface area contributed by atoms with Crippen LogP contribution in [0.4, 0.5) is 5.82 Å². The number of anilines is 1. The van der Waals surface area contributed by atoms with E-state index in [1.54, 1.807) is 0 Å². The van der Waals surface area contributed by atoms with Gasteiger partial charge in [-0.3, -0.25) is 0 Å². The molecule has 2 heterocycles. The maximum absolute atomic E-state index is 4.96. The highest BCUT2D eigenvalue weighted by Crippen LogP contribution is 2.30. The fourth-order valence-corrected chi connectivity index (χ4v) is 3.65. The quantitative estimate of drug-likeness (QED) is 0.464. The molecule has 0 saturated carbocycles. The summed E-state index contributed by atoms with van der Waals surface area (Å²) in [6.45, 7) is 6.42. The predicted molar refractivity (Wildman–Crippen MR) is 116 cm³/mol. The molecule has 2 aromatic carbocycles. The Kier molecular flexibility index (Phi) is 5.11.